The molecule has 2 saturated heterocycles. The van der Waals surface area contributed by atoms with Gasteiger partial charge in [0.15, 0.2) is 0 Å². The zero-order chi connectivity index (χ0) is 21.2. The van der Waals surface area contributed by atoms with E-state index in [9.17, 15) is 18.0 Å². The lowest BCUT2D eigenvalue weighted by Crippen LogP contribution is -2.44. The topological polar surface area (TPSA) is 99.2 Å². The van der Waals surface area contributed by atoms with Crippen LogP contribution in [0.3, 0.4) is 0 Å². The number of nitrogens with one attached hydrogen (secondary N) is 1. The molecule has 2 fully saturated rings. The summed E-state index contributed by atoms with van der Waals surface area (Å²) in [4.78, 5) is 28.5. The summed E-state index contributed by atoms with van der Waals surface area (Å²) in [6.45, 7) is 5.03. The highest BCUT2D eigenvalue weighted by Gasteiger charge is 2.34. The van der Waals surface area contributed by atoms with Crippen molar-refractivity contribution in [1.82, 2.24) is 9.80 Å². The summed E-state index contributed by atoms with van der Waals surface area (Å²) in [5, 5.41) is 2.79. The lowest BCUT2D eigenvalue weighted by Gasteiger charge is -2.25. The van der Waals surface area contributed by atoms with Gasteiger partial charge in [-0.05, 0) is 43.5 Å². The number of rotatable bonds is 5. The van der Waals surface area contributed by atoms with Gasteiger partial charge in [0.05, 0.1) is 4.90 Å². The molecule has 2 aliphatic heterocycles. The zero-order valence-corrected chi connectivity index (χ0v) is 17.9. The smallest absolute Gasteiger partial charge is 0.283 e. The van der Waals surface area contributed by atoms with Gasteiger partial charge >= 0.3 is 0 Å². The minimum absolute atomic E-state index is 0.0277. The van der Waals surface area contributed by atoms with Gasteiger partial charge in [-0.15, -0.1) is 4.40 Å². The van der Waals surface area contributed by atoms with Crippen LogP contribution >= 0.6 is 0 Å². The molecule has 1 aromatic rings. The summed E-state index contributed by atoms with van der Waals surface area (Å²) < 4.78 is 29.0. The molecular weight excluding hydrogens is 392 g/mol. The molecule has 0 radical (unpaired) electrons. The first-order chi connectivity index (χ1) is 13.7. The Morgan fingerprint density at radius 3 is 2.41 bits per heavy atom. The number of anilines is 1. The maximum absolute atomic E-state index is 12.6. The first-order valence-electron chi connectivity index (χ1n) is 9.95. The Kier molecular flexibility index (Phi) is 6.26. The Morgan fingerprint density at radius 1 is 1.14 bits per heavy atom. The number of amides is 2. The second-order valence-electron chi connectivity index (χ2n) is 7.87. The predicted molar refractivity (Wildman–Crippen MR) is 111 cm³/mol. The maximum Gasteiger partial charge on any atom is 0.283 e. The van der Waals surface area contributed by atoms with E-state index in [1.807, 2.05) is 25.8 Å². The molecule has 158 valence electrons. The fourth-order valence-corrected chi connectivity index (χ4v) is 4.77. The number of benzene rings is 1. The number of carbonyl (C=O) groups excluding carboxylic acids is 2. The molecule has 0 aromatic heterocycles. The molecule has 8 nitrogen and oxygen atoms in total. The van der Waals surface area contributed by atoms with E-state index in [1.165, 1.54) is 12.1 Å². The number of likely N-dealkylation sites (tertiary alicyclic amines) is 2. The normalized spacial score (nSPS) is 21.2. The van der Waals surface area contributed by atoms with Gasteiger partial charge in [-0.1, -0.05) is 13.8 Å². The monoisotopic (exact) mass is 420 g/mol. The lowest BCUT2D eigenvalue weighted by atomic mass is 10.1. The average molecular weight is 421 g/mol. The Labute approximate surface area is 172 Å². The highest BCUT2D eigenvalue weighted by Crippen LogP contribution is 2.23. The molecule has 1 unspecified atom stereocenters. The van der Waals surface area contributed by atoms with Crippen molar-refractivity contribution >= 4 is 33.4 Å². The lowest BCUT2D eigenvalue weighted by molar-refractivity contribution is -0.139. The first kappa shape index (κ1) is 21.3. The predicted octanol–water partition coefficient (Wildman–Crippen LogP) is 2.08. The fraction of sp³-hybridized carbons (Fsp3) is 0.550. The van der Waals surface area contributed by atoms with E-state index in [-0.39, 0.29) is 22.6 Å². The van der Waals surface area contributed by atoms with Crippen molar-refractivity contribution < 1.29 is 18.0 Å². The second kappa shape index (κ2) is 8.52. The van der Waals surface area contributed by atoms with E-state index >= 15 is 0 Å². The molecule has 0 aliphatic carbocycles. The van der Waals surface area contributed by atoms with E-state index in [1.54, 1.807) is 17.0 Å². The van der Waals surface area contributed by atoms with Gasteiger partial charge in [-0.2, -0.15) is 8.42 Å². The summed E-state index contributed by atoms with van der Waals surface area (Å²) in [6.07, 6.45) is 2.97. The van der Waals surface area contributed by atoms with Crippen molar-refractivity contribution in [1.29, 1.82) is 0 Å². The molecule has 29 heavy (non-hydrogen) atoms. The second-order valence-corrected chi connectivity index (χ2v) is 9.47. The molecule has 1 N–H and O–H groups in total. The Bertz CT molecular complexity index is 909. The molecule has 1 aromatic carbocycles. The number of carbonyl (C=O) groups is 2. The van der Waals surface area contributed by atoms with Gasteiger partial charge in [0.1, 0.15) is 11.9 Å². The fourth-order valence-electron chi connectivity index (χ4n) is 3.67. The quantitative estimate of drug-likeness (QED) is 0.786. The molecule has 9 heteroatoms. The standard InChI is InChI=1S/C20H28N4O4S/c1-14(2)20(26)24-13-4-6-17(24)19(25)21-15-8-10-16(11-9-15)29(27,28)22-18-7-5-12-23(18)3/h8-11,14,17H,4-7,12-13H2,1-3H3,(H,21,25)/b22-18-. The van der Waals surface area contributed by atoms with Gasteiger partial charge in [0.2, 0.25) is 11.8 Å². The average Bonchev–Trinajstić information content (AvgIpc) is 3.31. The van der Waals surface area contributed by atoms with Crippen LogP contribution in [-0.2, 0) is 19.6 Å². The molecule has 0 bridgehead atoms. The Balaban J connectivity index is 1.69. The molecule has 2 aliphatic rings. The van der Waals surface area contributed by atoms with Crippen molar-refractivity contribution in [3.8, 4) is 0 Å². The third-order valence-electron chi connectivity index (χ3n) is 5.31. The summed E-state index contributed by atoms with van der Waals surface area (Å²) >= 11 is 0. The van der Waals surface area contributed by atoms with Crippen LogP contribution in [-0.4, -0.2) is 62.0 Å². The van der Waals surface area contributed by atoms with Crippen LogP contribution in [0.5, 0.6) is 0 Å². The third kappa shape index (κ3) is 4.77. The summed E-state index contributed by atoms with van der Waals surface area (Å²) in [5.74, 6) is 0.131. The van der Waals surface area contributed by atoms with Crippen LogP contribution in [0.15, 0.2) is 33.6 Å². The maximum atomic E-state index is 12.6. The van der Waals surface area contributed by atoms with Crippen molar-refractivity contribution in [3.05, 3.63) is 24.3 Å². The zero-order valence-electron chi connectivity index (χ0n) is 17.1. The van der Waals surface area contributed by atoms with E-state index < -0.39 is 16.1 Å². The summed E-state index contributed by atoms with van der Waals surface area (Å²) in [5.41, 5.74) is 0.489. The van der Waals surface area contributed by atoms with E-state index in [2.05, 4.69) is 9.71 Å². The van der Waals surface area contributed by atoms with Gasteiger partial charge in [0, 0.05) is 38.2 Å². The van der Waals surface area contributed by atoms with Crippen LogP contribution in [0, 0.1) is 5.92 Å². The molecule has 3 rings (SSSR count). The number of sulfonamides is 1. The van der Waals surface area contributed by atoms with Gasteiger partial charge < -0.3 is 15.1 Å². The molecule has 0 saturated carbocycles. The van der Waals surface area contributed by atoms with Crippen LogP contribution in [0.1, 0.15) is 39.5 Å². The molecule has 2 amide bonds. The van der Waals surface area contributed by atoms with Gasteiger partial charge in [0.25, 0.3) is 10.0 Å². The van der Waals surface area contributed by atoms with Gasteiger partial charge in [-0.3, -0.25) is 9.59 Å². The minimum atomic E-state index is -3.79. The molecule has 2 heterocycles. The number of amidine groups is 1. The van der Waals surface area contributed by atoms with Crippen LogP contribution in [0.2, 0.25) is 0 Å². The Hall–Kier alpha value is -2.42. The number of nitrogens with zero attached hydrogens (tertiary/aromatic N) is 3. The van der Waals surface area contributed by atoms with Crippen molar-refractivity contribution in [2.24, 2.45) is 10.3 Å². The van der Waals surface area contributed by atoms with Crippen molar-refractivity contribution in [2.45, 2.75) is 50.5 Å². The van der Waals surface area contributed by atoms with Crippen molar-refractivity contribution in [2.75, 3.05) is 25.5 Å². The number of hydrogen-bond donors (Lipinski definition) is 1. The first-order valence-corrected chi connectivity index (χ1v) is 11.4. The summed E-state index contributed by atoms with van der Waals surface area (Å²) in [7, 11) is -1.96. The number of hydrogen-bond acceptors (Lipinski definition) is 4. The SMILES string of the molecule is CC(C)C(=O)N1CCCC1C(=O)Nc1ccc(S(=O)(=O)/N=C2/CCCN2C)cc1. The molecule has 0 spiro atoms. The Morgan fingerprint density at radius 2 is 1.83 bits per heavy atom. The highest BCUT2D eigenvalue weighted by molar-refractivity contribution is 7.90. The summed E-state index contributed by atoms with van der Waals surface area (Å²) in [6, 6.07) is 5.49. The van der Waals surface area contributed by atoms with Crippen LogP contribution < -0.4 is 5.32 Å². The molecular formula is C20H28N4O4S. The van der Waals surface area contributed by atoms with Crippen LogP contribution in [0.4, 0.5) is 5.69 Å². The largest absolute Gasteiger partial charge is 0.362 e. The van der Waals surface area contributed by atoms with E-state index in [0.717, 1.165) is 19.4 Å². The highest BCUT2D eigenvalue weighted by atomic mass is 32.2. The van der Waals surface area contributed by atoms with Crippen molar-refractivity contribution in [3.63, 3.8) is 0 Å². The van der Waals surface area contributed by atoms with Crippen LogP contribution in [0.25, 0.3) is 0 Å². The van der Waals surface area contributed by atoms with E-state index in [4.69, 9.17) is 0 Å². The van der Waals surface area contributed by atoms with E-state index in [0.29, 0.717) is 30.9 Å². The van der Waals surface area contributed by atoms with Gasteiger partial charge in [-0.25, -0.2) is 0 Å². The third-order valence-corrected chi connectivity index (χ3v) is 6.63. The molecule has 1 atom stereocenters. The minimum Gasteiger partial charge on any atom is -0.362 e.